The van der Waals surface area contributed by atoms with Crippen molar-refractivity contribution in [2.75, 3.05) is 11.9 Å². The fourth-order valence-corrected chi connectivity index (χ4v) is 4.38. The molecule has 0 spiro atoms. The summed E-state index contributed by atoms with van der Waals surface area (Å²) in [7, 11) is 0. The van der Waals surface area contributed by atoms with Gasteiger partial charge in [-0.05, 0) is 55.8 Å². The Labute approximate surface area is 209 Å². The Morgan fingerprint density at radius 1 is 1.00 bits per heavy atom. The van der Waals surface area contributed by atoms with Crippen LogP contribution in [-0.4, -0.2) is 23.4 Å². The van der Waals surface area contributed by atoms with E-state index in [0.29, 0.717) is 30.1 Å². The standard InChI is InChI=1S/C28H27N3O3S/c1-3-34-25-10-5-4-9-24(25)28-31-23(18-35-28)16-26(32)29-17-20-7-6-8-22(15-20)30-27(33)21-13-11-19(2)12-14-21/h4-15,18H,3,16-17H2,1-2H3,(H,29,32)(H,30,33). The second-order valence-corrected chi connectivity index (χ2v) is 8.91. The van der Waals surface area contributed by atoms with Crippen LogP contribution in [0.25, 0.3) is 10.6 Å². The van der Waals surface area contributed by atoms with Gasteiger partial charge in [-0.2, -0.15) is 0 Å². The number of para-hydroxylation sites is 1. The Bertz CT molecular complexity index is 1320. The van der Waals surface area contributed by atoms with Crippen LogP contribution < -0.4 is 15.4 Å². The summed E-state index contributed by atoms with van der Waals surface area (Å²) in [6.07, 6.45) is 0.192. The van der Waals surface area contributed by atoms with Crippen molar-refractivity contribution in [2.24, 2.45) is 0 Å². The highest BCUT2D eigenvalue weighted by molar-refractivity contribution is 7.13. The number of ether oxygens (including phenoxy) is 1. The lowest BCUT2D eigenvalue weighted by Crippen LogP contribution is -2.24. The molecule has 1 heterocycles. The molecule has 178 valence electrons. The van der Waals surface area contributed by atoms with E-state index < -0.39 is 0 Å². The fraction of sp³-hybridized carbons (Fsp3) is 0.179. The van der Waals surface area contributed by atoms with E-state index in [4.69, 9.17) is 4.74 Å². The van der Waals surface area contributed by atoms with Crippen LogP contribution in [0.5, 0.6) is 5.75 Å². The molecule has 3 aromatic carbocycles. The second kappa shape index (κ2) is 11.4. The predicted molar refractivity (Wildman–Crippen MR) is 140 cm³/mol. The summed E-state index contributed by atoms with van der Waals surface area (Å²) in [4.78, 5) is 29.6. The number of carbonyl (C=O) groups is 2. The molecule has 0 fully saturated rings. The molecule has 0 bridgehead atoms. The number of rotatable bonds is 9. The van der Waals surface area contributed by atoms with Crippen LogP contribution in [-0.2, 0) is 17.8 Å². The fourth-order valence-electron chi connectivity index (χ4n) is 3.53. The van der Waals surface area contributed by atoms with Crippen LogP contribution in [0.2, 0.25) is 0 Å². The smallest absolute Gasteiger partial charge is 0.255 e. The summed E-state index contributed by atoms with van der Waals surface area (Å²) >= 11 is 1.49. The largest absolute Gasteiger partial charge is 0.493 e. The number of aromatic nitrogens is 1. The van der Waals surface area contributed by atoms with Crippen molar-refractivity contribution in [1.29, 1.82) is 0 Å². The molecule has 0 atom stereocenters. The molecule has 7 heteroatoms. The number of amides is 2. The third-order valence-corrected chi connectivity index (χ3v) is 6.22. The van der Waals surface area contributed by atoms with Gasteiger partial charge in [0, 0.05) is 23.2 Å². The van der Waals surface area contributed by atoms with E-state index in [1.807, 2.05) is 79.9 Å². The van der Waals surface area contributed by atoms with Gasteiger partial charge in [-0.25, -0.2) is 4.98 Å². The maximum atomic E-state index is 12.5. The van der Waals surface area contributed by atoms with E-state index in [2.05, 4.69) is 15.6 Å². The minimum atomic E-state index is -0.170. The molecule has 0 unspecified atom stereocenters. The van der Waals surface area contributed by atoms with E-state index in [-0.39, 0.29) is 18.2 Å². The number of carbonyl (C=O) groups excluding carboxylic acids is 2. The van der Waals surface area contributed by atoms with Crippen molar-refractivity contribution in [2.45, 2.75) is 26.8 Å². The first-order valence-electron chi connectivity index (χ1n) is 11.4. The summed E-state index contributed by atoms with van der Waals surface area (Å²) in [6.45, 7) is 4.86. The molecule has 2 amide bonds. The Balaban J connectivity index is 1.32. The summed E-state index contributed by atoms with van der Waals surface area (Å²) in [5.74, 6) is 0.500. The molecule has 0 aliphatic rings. The van der Waals surface area contributed by atoms with Gasteiger partial charge in [0.05, 0.1) is 24.3 Å². The number of nitrogens with one attached hydrogen (secondary N) is 2. The van der Waals surface area contributed by atoms with E-state index >= 15 is 0 Å². The average molecular weight is 486 g/mol. The normalized spacial score (nSPS) is 10.6. The van der Waals surface area contributed by atoms with Crippen molar-refractivity contribution in [3.05, 3.63) is 101 Å². The van der Waals surface area contributed by atoms with Crippen molar-refractivity contribution in [1.82, 2.24) is 10.3 Å². The van der Waals surface area contributed by atoms with Crippen LogP contribution >= 0.6 is 11.3 Å². The molecule has 2 N–H and O–H groups in total. The number of thiazole rings is 1. The highest BCUT2D eigenvalue weighted by Gasteiger charge is 2.13. The van der Waals surface area contributed by atoms with Crippen molar-refractivity contribution >= 4 is 28.8 Å². The van der Waals surface area contributed by atoms with Gasteiger partial charge in [0.2, 0.25) is 5.91 Å². The number of hydrogen-bond donors (Lipinski definition) is 2. The van der Waals surface area contributed by atoms with Crippen LogP contribution in [0.1, 0.15) is 34.1 Å². The third-order valence-electron chi connectivity index (χ3n) is 5.30. The lowest BCUT2D eigenvalue weighted by molar-refractivity contribution is -0.120. The first-order valence-corrected chi connectivity index (χ1v) is 12.3. The summed E-state index contributed by atoms with van der Waals surface area (Å²) < 4.78 is 5.69. The van der Waals surface area contributed by atoms with Gasteiger partial charge in [0.15, 0.2) is 0 Å². The number of hydrogen-bond acceptors (Lipinski definition) is 5. The highest BCUT2D eigenvalue weighted by Crippen LogP contribution is 2.32. The molecule has 0 radical (unpaired) electrons. The quantitative estimate of drug-likeness (QED) is 0.322. The summed E-state index contributed by atoms with van der Waals surface area (Å²) in [5, 5.41) is 8.57. The molecule has 6 nitrogen and oxygen atoms in total. The predicted octanol–water partition coefficient (Wildman–Crippen LogP) is 5.63. The molecular formula is C28H27N3O3S. The van der Waals surface area contributed by atoms with Crippen LogP contribution in [0.4, 0.5) is 5.69 Å². The molecule has 0 saturated carbocycles. The molecule has 0 saturated heterocycles. The van der Waals surface area contributed by atoms with Gasteiger partial charge >= 0.3 is 0 Å². The van der Waals surface area contributed by atoms with Gasteiger partial charge < -0.3 is 15.4 Å². The van der Waals surface area contributed by atoms with E-state index in [1.165, 1.54) is 11.3 Å². The minimum Gasteiger partial charge on any atom is -0.493 e. The SMILES string of the molecule is CCOc1ccccc1-c1nc(CC(=O)NCc2cccc(NC(=O)c3ccc(C)cc3)c2)cs1. The van der Waals surface area contributed by atoms with Gasteiger partial charge in [0.25, 0.3) is 5.91 Å². The molecule has 1 aromatic heterocycles. The van der Waals surface area contributed by atoms with Gasteiger partial charge in [-0.3, -0.25) is 9.59 Å². The summed E-state index contributed by atoms with van der Waals surface area (Å²) in [6, 6.07) is 22.6. The Kier molecular flexibility index (Phi) is 7.90. The van der Waals surface area contributed by atoms with Crippen molar-refractivity contribution in [3.8, 4) is 16.3 Å². The molecular weight excluding hydrogens is 458 g/mol. The third kappa shape index (κ3) is 6.55. The minimum absolute atomic E-state index is 0.117. The lowest BCUT2D eigenvalue weighted by atomic mass is 10.1. The molecule has 0 aliphatic carbocycles. The monoisotopic (exact) mass is 485 g/mol. The molecule has 35 heavy (non-hydrogen) atoms. The Morgan fingerprint density at radius 2 is 1.80 bits per heavy atom. The zero-order chi connectivity index (χ0) is 24.6. The van der Waals surface area contributed by atoms with Crippen molar-refractivity contribution in [3.63, 3.8) is 0 Å². The molecule has 0 aliphatic heterocycles. The number of aryl methyl sites for hydroxylation is 1. The number of anilines is 1. The Hall–Kier alpha value is -3.97. The lowest BCUT2D eigenvalue weighted by Gasteiger charge is -2.09. The maximum absolute atomic E-state index is 12.5. The highest BCUT2D eigenvalue weighted by atomic mass is 32.1. The zero-order valence-corrected chi connectivity index (χ0v) is 20.5. The number of nitrogens with zero attached hydrogens (tertiary/aromatic N) is 1. The second-order valence-electron chi connectivity index (χ2n) is 8.05. The first kappa shape index (κ1) is 24.2. The van der Waals surface area contributed by atoms with E-state index in [9.17, 15) is 9.59 Å². The van der Waals surface area contributed by atoms with Crippen LogP contribution in [0.3, 0.4) is 0 Å². The Morgan fingerprint density at radius 3 is 2.60 bits per heavy atom. The van der Waals surface area contributed by atoms with E-state index in [0.717, 1.165) is 27.4 Å². The van der Waals surface area contributed by atoms with Gasteiger partial charge in [-0.1, -0.05) is 42.0 Å². The van der Waals surface area contributed by atoms with Crippen molar-refractivity contribution < 1.29 is 14.3 Å². The van der Waals surface area contributed by atoms with Gasteiger partial charge in [-0.15, -0.1) is 11.3 Å². The van der Waals surface area contributed by atoms with Crippen LogP contribution in [0, 0.1) is 6.92 Å². The topological polar surface area (TPSA) is 80.3 Å². The van der Waals surface area contributed by atoms with Gasteiger partial charge in [0.1, 0.15) is 10.8 Å². The van der Waals surface area contributed by atoms with Crippen LogP contribution in [0.15, 0.2) is 78.2 Å². The summed E-state index contributed by atoms with van der Waals surface area (Å²) in [5.41, 5.74) is 4.91. The van der Waals surface area contributed by atoms with E-state index in [1.54, 1.807) is 12.1 Å². The number of benzene rings is 3. The molecule has 4 rings (SSSR count). The molecule has 4 aromatic rings. The first-order chi connectivity index (χ1) is 17.0. The maximum Gasteiger partial charge on any atom is 0.255 e. The average Bonchev–Trinajstić information content (AvgIpc) is 3.32. The zero-order valence-electron chi connectivity index (χ0n) is 19.7.